The zero-order chi connectivity index (χ0) is 14.3. The summed E-state index contributed by atoms with van der Waals surface area (Å²) < 4.78 is 4.83. The summed E-state index contributed by atoms with van der Waals surface area (Å²) in [6, 6.07) is 7.59. The zero-order valence-corrected chi connectivity index (χ0v) is 12.2. The van der Waals surface area contributed by atoms with E-state index in [1.54, 1.807) is 19.9 Å². The highest BCUT2D eigenvalue weighted by molar-refractivity contribution is 7.94. The molecule has 0 aliphatic rings. The highest BCUT2D eigenvalue weighted by atomic mass is 32.2. The number of benzene rings is 1. The highest BCUT2D eigenvalue weighted by Crippen LogP contribution is 2.21. The third kappa shape index (κ3) is 5.57. The monoisotopic (exact) mass is 282 g/mol. The third-order valence-electron chi connectivity index (χ3n) is 2.69. The van der Waals surface area contributed by atoms with E-state index in [1.165, 1.54) is 6.92 Å². The van der Waals surface area contributed by atoms with Crippen molar-refractivity contribution in [3.63, 3.8) is 0 Å². The number of carbonyl (C=O) groups is 1. The van der Waals surface area contributed by atoms with Crippen LogP contribution in [-0.2, 0) is 19.1 Å². The summed E-state index contributed by atoms with van der Waals surface area (Å²) in [5.74, 6) is 0.0313. The van der Waals surface area contributed by atoms with E-state index >= 15 is 0 Å². The fourth-order valence-electron chi connectivity index (χ4n) is 1.01. The van der Waals surface area contributed by atoms with Gasteiger partial charge in [0.25, 0.3) is 0 Å². The molecule has 0 heterocycles. The van der Waals surface area contributed by atoms with E-state index in [9.17, 15) is 4.79 Å². The van der Waals surface area contributed by atoms with Crippen LogP contribution in [-0.4, -0.2) is 12.4 Å². The number of carbonyl (C=O) groups excluding carboxylic acids is 1. The molecule has 0 aliphatic heterocycles. The molecule has 1 aromatic carbocycles. The summed E-state index contributed by atoms with van der Waals surface area (Å²) >= 11 is 1.03. The second-order valence-electron chi connectivity index (χ2n) is 4.69. The predicted octanol–water partition coefficient (Wildman–Crippen LogP) is 3.83. The molecule has 0 amide bonds. The molecule has 0 bridgehead atoms. The van der Waals surface area contributed by atoms with Crippen molar-refractivity contribution in [3.05, 3.63) is 36.4 Å². The Morgan fingerprint density at radius 2 is 2.00 bits per heavy atom. The van der Waals surface area contributed by atoms with Crippen LogP contribution < -0.4 is 0 Å². The van der Waals surface area contributed by atoms with Crippen molar-refractivity contribution < 1.29 is 19.1 Å². The number of rotatable bonds is 8. The van der Waals surface area contributed by atoms with Gasteiger partial charge in [-0.05, 0) is 24.6 Å². The fraction of sp³-hybridized carbons (Fsp3) is 0.357. The lowest BCUT2D eigenvalue weighted by molar-refractivity contribution is -0.465. The van der Waals surface area contributed by atoms with E-state index in [4.69, 9.17) is 9.22 Å². The number of ketones is 1. The Labute approximate surface area is 117 Å². The third-order valence-corrected chi connectivity index (χ3v) is 3.28. The Morgan fingerprint density at radius 1 is 1.37 bits per heavy atom. The van der Waals surface area contributed by atoms with Gasteiger partial charge in [-0.15, -0.1) is 4.33 Å². The van der Waals surface area contributed by atoms with Crippen LogP contribution in [0.5, 0.6) is 0 Å². The molecule has 0 radical (unpaired) electrons. The van der Waals surface area contributed by atoms with Crippen LogP contribution in [0.4, 0.5) is 0 Å². The Morgan fingerprint density at radius 3 is 2.53 bits per heavy atom. The molecule has 0 fully saturated rings. The van der Waals surface area contributed by atoms with Gasteiger partial charge < -0.3 is 0 Å². The van der Waals surface area contributed by atoms with E-state index in [0.717, 1.165) is 22.5 Å². The van der Waals surface area contributed by atoms with Gasteiger partial charge in [0.2, 0.25) is 0 Å². The molecule has 0 aromatic heterocycles. The second-order valence-corrected chi connectivity index (χ2v) is 5.47. The molecule has 4 nitrogen and oxygen atoms in total. The summed E-state index contributed by atoms with van der Waals surface area (Å²) in [5, 5.41) is 4.57. The average Bonchev–Trinajstić information content (AvgIpc) is 2.38. The van der Waals surface area contributed by atoms with Crippen molar-refractivity contribution in [2.75, 3.05) is 6.61 Å². The first kappa shape index (κ1) is 15.9. The zero-order valence-electron chi connectivity index (χ0n) is 11.3. The second kappa shape index (κ2) is 7.45. The molecule has 1 rings (SSSR count). The summed E-state index contributed by atoms with van der Waals surface area (Å²) in [4.78, 5) is 16.9. The highest BCUT2D eigenvalue weighted by Gasteiger charge is 2.24. The first-order chi connectivity index (χ1) is 8.95. The van der Waals surface area contributed by atoms with Crippen LogP contribution in [0.3, 0.4) is 0 Å². The van der Waals surface area contributed by atoms with E-state index < -0.39 is 5.41 Å². The van der Waals surface area contributed by atoms with Crippen molar-refractivity contribution in [1.82, 2.24) is 0 Å². The van der Waals surface area contributed by atoms with Gasteiger partial charge in [-0.2, -0.15) is 0 Å². The first-order valence-electron chi connectivity index (χ1n) is 5.82. The maximum Gasteiger partial charge on any atom is 0.137 e. The van der Waals surface area contributed by atoms with Gasteiger partial charge >= 0.3 is 0 Å². The van der Waals surface area contributed by atoms with Crippen molar-refractivity contribution in [1.29, 1.82) is 0 Å². The molecule has 0 aliphatic carbocycles. The average molecular weight is 282 g/mol. The lowest BCUT2D eigenvalue weighted by Crippen LogP contribution is -2.27. The molecule has 0 atom stereocenters. The largest absolute Gasteiger partial charge is 0.299 e. The quantitative estimate of drug-likeness (QED) is 0.314. The molecule has 19 heavy (non-hydrogen) atoms. The Kier molecular flexibility index (Phi) is 6.24. The molecule has 104 valence electrons. The fourth-order valence-corrected chi connectivity index (χ4v) is 1.40. The summed E-state index contributed by atoms with van der Waals surface area (Å²) in [6.07, 6.45) is 1.76. The molecule has 1 aromatic rings. The van der Waals surface area contributed by atoms with Crippen LogP contribution in [0.2, 0.25) is 0 Å². The number of Topliss-reactive ketones (excluding diaryl/α,β-unsaturated/α-hetero) is 1. The maximum absolute atomic E-state index is 11.2. The number of hydrogen-bond acceptors (Lipinski definition) is 5. The van der Waals surface area contributed by atoms with Crippen LogP contribution in [0.25, 0.3) is 6.08 Å². The molecule has 0 N–H and O–H groups in total. The van der Waals surface area contributed by atoms with E-state index in [0.29, 0.717) is 0 Å². The van der Waals surface area contributed by atoms with E-state index in [1.807, 2.05) is 24.3 Å². The number of hydrogen-bond donors (Lipinski definition) is 0. The lowest BCUT2D eigenvalue weighted by Gasteiger charge is -2.18. The van der Waals surface area contributed by atoms with Gasteiger partial charge in [0.1, 0.15) is 5.78 Å². The normalized spacial score (nSPS) is 11.3. The minimum Gasteiger partial charge on any atom is -0.299 e. The summed E-state index contributed by atoms with van der Waals surface area (Å²) in [6.45, 7) is 8.88. The molecular formula is C14H18O4S. The van der Waals surface area contributed by atoms with Crippen LogP contribution in [0.1, 0.15) is 26.3 Å². The van der Waals surface area contributed by atoms with Crippen molar-refractivity contribution in [2.24, 2.45) is 5.41 Å². The van der Waals surface area contributed by atoms with Gasteiger partial charge in [-0.1, -0.05) is 43.7 Å². The van der Waals surface area contributed by atoms with Gasteiger partial charge in [0, 0.05) is 10.3 Å². The summed E-state index contributed by atoms with van der Waals surface area (Å²) in [5.41, 5.74) is 0.448. The lowest BCUT2D eigenvalue weighted by atomic mass is 9.90. The molecule has 0 spiro atoms. The first-order valence-corrected chi connectivity index (χ1v) is 6.56. The van der Waals surface area contributed by atoms with Crippen LogP contribution in [0, 0.1) is 5.41 Å². The topological polar surface area (TPSA) is 44.8 Å². The van der Waals surface area contributed by atoms with E-state index in [-0.39, 0.29) is 12.4 Å². The Bertz CT molecular complexity index is 426. The maximum atomic E-state index is 11.2. The van der Waals surface area contributed by atoms with Gasteiger partial charge in [-0.3, -0.25) is 4.79 Å². The molecular weight excluding hydrogens is 264 g/mol. The SMILES string of the molecule is C=Cc1ccc(SOOOCC(C)(C)C(C)=O)cc1. The van der Waals surface area contributed by atoms with Crippen molar-refractivity contribution in [2.45, 2.75) is 25.7 Å². The standard InChI is InChI=1S/C14H18O4S/c1-5-12-6-8-13(9-7-12)19-18-17-16-10-14(3,4)11(2)15/h5-9H,1,10H2,2-4H3. The Balaban J connectivity index is 2.24. The molecule has 0 saturated carbocycles. The van der Waals surface area contributed by atoms with E-state index in [2.05, 4.69) is 11.6 Å². The smallest absolute Gasteiger partial charge is 0.137 e. The van der Waals surface area contributed by atoms with Gasteiger partial charge in [-0.25, -0.2) is 4.89 Å². The van der Waals surface area contributed by atoms with Crippen LogP contribution >= 0.6 is 12.0 Å². The minimum atomic E-state index is -0.584. The molecule has 0 unspecified atom stereocenters. The summed E-state index contributed by atoms with van der Waals surface area (Å²) in [7, 11) is 0. The van der Waals surface area contributed by atoms with Crippen LogP contribution in [0.15, 0.2) is 35.7 Å². The minimum absolute atomic E-state index is 0.0313. The van der Waals surface area contributed by atoms with Crippen molar-refractivity contribution >= 4 is 23.9 Å². The molecule has 5 heteroatoms. The van der Waals surface area contributed by atoms with Gasteiger partial charge in [0.15, 0.2) is 0 Å². The Hall–Kier alpha value is -1.14. The molecule has 0 saturated heterocycles. The van der Waals surface area contributed by atoms with Gasteiger partial charge in [0.05, 0.1) is 18.6 Å². The predicted molar refractivity (Wildman–Crippen MR) is 75.0 cm³/mol. The van der Waals surface area contributed by atoms with Crippen molar-refractivity contribution in [3.8, 4) is 0 Å².